The van der Waals surface area contributed by atoms with E-state index in [4.69, 9.17) is 0 Å². The van der Waals surface area contributed by atoms with E-state index in [0.717, 1.165) is 29.7 Å². The maximum atomic E-state index is 4.64. The Morgan fingerprint density at radius 3 is 2.24 bits per heavy atom. The molecule has 0 amide bonds. The third kappa shape index (κ3) is 4.56. The van der Waals surface area contributed by atoms with Crippen LogP contribution in [-0.2, 0) is 5.41 Å². The van der Waals surface area contributed by atoms with Crippen LogP contribution in [0.3, 0.4) is 0 Å². The molecule has 2 aromatic rings. The second-order valence-electron chi connectivity index (χ2n) is 5.87. The van der Waals surface area contributed by atoms with Crippen molar-refractivity contribution in [3.8, 4) is 0 Å². The molecule has 0 aliphatic rings. The van der Waals surface area contributed by atoms with Gasteiger partial charge in [0.05, 0.1) is 0 Å². The number of aromatic nitrogens is 2. The van der Waals surface area contributed by atoms with Crippen molar-refractivity contribution in [1.82, 2.24) is 9.97 Å². The Morgan fingerprint density at radius 2 is 1.67 bits per heavy atom. The van der Waals surface area contributed by atoms with E-state index < -0.39 is 0 Å². The first-order valence-electron chi connectivity index (χ1n) is 7.04. The molecule has 2 rings (SSSR count). The highest BCUT2D eigenvalue weighted by molar-refractivity contribution is 14.1. The smallest absolute Gasteiger partial charge is 0.138 e. The molecule has 21 heavy (non-hydrogen) atoms. The minimum Gasteiger partial charge on any atom is -0.370 e. The van der Waals surface area contributed by atoms with Gasteiger partial charge in [0, 0.05) is 27.3 Å². The van der Waals surface area contributed by atoms with Crippen LogP contribution in [0, 0.1) is 3.57 Å². The summed E-state index contributed by atoms with van der Waals surface area (Å²) in [6.07, 6.45) is 0. The summed E-state index contributed by atoms with van der Waals surface area (Å²) in [7, 11) is 0. The number of hydrogen-bond donors (Lipinski definition) is 2. The number of rotatable bonds is 4. The molecule has 1 aromatic heterocycles. The summed E-state index contributed by atoms with van der Waals surface area (Å²) in [5.74, 6) is 2.49. The van der Waals surface area contributed by atoms with Crippen LogP contribution in [0.25, 0.3) is 0 Å². The summed E-state index contributed by atoms with van der Waals surface area (Å²) in [4.78, 5) is 9.23. The van der Waals surface area contributed by atoms with Crippen LogP contribution >= 0.6 is 22.6 Å². The van der Waals surface area contributed by atoms with E-state index in [1.807, 2.05) is 18.2 Å². The minimum atomic E-state index is -0.0894. The molecule has 0 unspecified atom stereocenters. The third-order valence-corrected chi connectivity index (χ3v) is 3.59. The van der Waals surface area contributed by atoms with Crippen molar-refractivity contribution in [3.05, 3.63) is 39.7 Å². The summed E-state index contributed by atoms with van der Waals surface area (Å²) in [6, 6.07) is 10.2. The quantitative estimate of drug-likeness (QED) is 0.745. The lowest BCUT2D eigenvalue weighted by Gasteiger charge is -2.19. The van der Waals surface area contributed by atoms with Crippen LogP contribution in [0.5, 0.6) is 0 Å². The fourth-order valence-corrected chi connectivity index (χ4v) is 2.16. The first-order valence-corrected chi connectivity index (χ1v) is 8.12. The van der Waals surface area contributed by atoms with E-state index in [9.17, 15) is 0 Å². The monoisotopic (exact) mass is 396 g/mol. The van der Waals surface area contributed by atoms with Gasteiger partial charge in [-0.1, -0.05) is 20.8 Å². The Kier molecular flexibility index (Phi) is 5.03. The third-order valence-electron chi connectivity index (χ3n) is 2.87. The van der Waals surface area contributed by atoms with Crippen molar-refractivity contribution >= 4 is 39.9 Å². The molecule has 5 heteroatoms. The molecular formula is C16H21IN4. The molecule has 0 saturated heterocycles. The van der Waals surface area contributed by atoms with Crippen LogP contribution in [0.4, 0.5) is 17.3 Å². The van der Waals surface area contributed by atoms with Gasteiger partial charge in [0.1, 0.15) is 17.5 Å². The van der Waals surface area contributed by atoms with Crippen LogP contribution < -0.4 is 10.6 Å². The predicted molar refractivity (Wildman–Crippen MR) is 97.3 cm³/mol. The normalized spacial score (nSPS) is 11.3. The maximum absolute atomic E-state index is 4.64. The molecule has 0 spiro atoms. The zero-order valence-electron chi connectivity index (χ0n) is 12.9. The summed E-state index contributed by atoms with van der Waals surface area (Å²) in [6.45, 7) is 9.25. The van der Waals surface area contributed by atoms with Gasteiger partial charge >= 0.3 is 0 Å². The number of hydrogen-bond acceptors (Lipinski definition) is 4. The fourth-order valence-electron chi connectivity index (χ4n) is 1.80. The SMILES string of the molecule is CCNc1cc(Nc2ccc(I)cc2)nc(C(C)(C)C)n1. The van der Waals surface area contributed by atoms with E-state index in [1.165, 1.54) is 3.57 Å². The van der Waals surface area contributed by atoms with E-state index in [1.54, 1.807) is 0 Å². The van der Waals surface area contributed by atoms with Crippen molar-refractivity contribution in [3.63, 3.8) is 0 Å². The molecule has 2 N–H and O–H groups in total. The molecule has 0 fully saturated rings. The Morgan fingerprint density at radius 1 is 1.05 bits per heavy atom. The standard InChI is InChI=1S/C16H21IN4/c1-5-18-13-10-14(21-15(20-13)16(2,3)4)19-12-8-6-11(17)7-9-12/h6-10H,5H2,1-4H3,(H2,18,19,20,21). The number of halogens is 1. The van der Waals surface area contributed by atoms with E-state index >= 15 is 0 Å². The Balaban J connectivity index is 2.33. The second kappa shape index (κ2) is 6.60. The summed E-state index contributed by atoms with van der Waals surface area (Å²) >= 11 is 2.30. The van der Waals surface area contributed by atoms with E-state index in [2.05, 4.69) is 83.0 Å². The highest BCUT2D eigenvalue weighted by atomic mass is 127. The zero-order chi connectivity index (χ0) is 15.5. The van der Waals surface area contributed by atoms with E-state index in [-0.39, 0.29) is 5.41 Å². The molecule has 0 saturated carbocycles. The minimum absolute atomic E-state index is 0.0894. The highest BCUT2D eigenvalue weighted by Gasteiger charge is 2.19. The molecule has 0 radical (unpaired) electrons. The van der Waals surface area contributed by atoms with Crippen molar-refractivity contribution in [2.75, 3.05) is 17.2 Å². The molecule has 1 aromatic carbocycles. The molecule has 4 nitrogen and oxygen atoms in total. The van der Waals surface area contributed by atoms with Gasteiger partial charge in [0.2, 0.25) is 0 Å². The van der Waals surface area contributed by atoms with Gasteiger partial charge in [-0.3, -0.25) is 0 Å². The number of anilines is 3. The van der Waals surface area contributed by atoms with Crippen molar-refractivity contribution in [2.24, 2.45) is 0 Å². The number of nitrogens with one attached hydrogen (secondary N) is 2. The van der Waals surface area contributed by atoms with Crippen LogP contribution in [0.1, 0.15) is 33.5 Å². The Bertz CT molecular complexity index is 603. The number of benzene rings is 1. The lowest BCUT2D eigenvalue weighted by Crippen LogP contribution is -2.18. The highest BCUT2D eigenvalue weighted by Crippen LogP contribution is 2.24. The van der Waals surface area contributed by atoms with Gasteiger partial charge < -0.3 is 10.6 Å². The van der Waals surface area contributed by atoms with Crippen molar-refractivity contribution < 1.29 is 0 Å². The lowest BCUT2D eigenvalue weighted by molar-refractivity contribution is 0.547. The van der Waals surface area contributed by atoms with Crippen molar-refractivity contribution in [1.29, 1.82) is 0 Å². The van der Waals surface area contributed by atoms with Gasteiger partial charge in [-0.25, -0.2) is 9.97 Å². The van der Waals surface area contributed by atoms with Gasteiger partial charge in [-0.05, 0) is 53.8 Å². The largest absolute Gasteiger partial charge is 0.370 e. The van der Waals surface area contributed by atoms with Crippen molar-refractivity contribution in [2.45, 2.75) is 33.1 Å². The molecule has 0 bridgehead atoms. The summed E-state index contributed by atoms with van der Waals surface area (Å²) < 4.78 is 1.21. The molecule has 1 heterocycles. The predicted octanol–water partition coefficient (Wildman–Crippen LogP) is 4.55. The van der Waals surface area contributed by atoms with Gasteiger partial charge in [0.25, 0.3) is 0 Å². The Labute approximate surface area is 139 Å². The van der Waals surface area contributed by atoms with Gasteiger partial charge in [0.15, 0.2) is 0 Å². The molecule has 0 aliphatic carbocycles. The molecular weight excluding hydrogens is 375 g/mol. The van der Waals surface area contributed by atoms with Crippen LogP contribution in [-0.4, -0.2) is 16.5 Å². The van der Waals surface area contributed by atoms with Crippen LogP contribution in [0.15, 0.2) is 30.3 Å². The van der Waals surface area contributed by atoms with Crippen LogP contribution in [0.2, 0.25) is 0 Å². The molecule has 112 valence electrons. The first kappa shape index (κ1) is 16.0. The maximum Gasteiger partial charge on any atom is 0.138 e. The van der Waals surface area contributed by atoms with E-state index in [0.29, 0.717) is 0 Å². The summed E-state index contributed by atoms with van der Waals surface area (Å²) in [5, 5.41) is 6.61. The second-order valence-corrected chi connectivity index (χ2v) is 7.12. The van der Waals surface area contributed by atoms with Gasteiger partial charge in [-0.15, -0.1) is 0 Å². The lowest BCUT2D eigenvalue weighted by atomic mass is 9.96. The zero-order valence-corrected chi connectivity index (χ0v) is 15.0. The molecule has 0 aliphatic heterocycles. The Hall–Kier alpha value is -1.37. The summed E-state index contributed by atoms with van der Waals surface area (Å²) in [5.41, 5.74) is 0.935. The first-order chi connectivity index (χ1) is 9.88. The average Bonchev–Trinajstić information content (AvgIpc) is 2.41. The topological polar surface area (TPSA) is 49.8 Å². The average molecular weight is 396 g/mol. The molecule has 0 atom stereocenters. The number of nitrogens with zero attached hydrogens (tertiary/aromatic N) is 2. The van der Waals surface area contributed by atoms with Gasteiger partial charge in [-0.2, -0.15) is 0 Å². The fraction of sp³-hybridized carbons (Fsp3) is 0.375.